The molecule has 16 heavy (non-hydrogen) atoms. The Bertz CT molecular complexity index is 197. The average molecular weight is 225 g/mol. The summed E-state index contributed by atoms with van der Waals surface area (Å²) in [6.07, 6.45) is 10.7. The molecule has 0 rings (SSSR count). The normalized spacial score (nSPS) is 10.1. The molecule has 0 aromatic carbocycles. The lowest BCUT2D eigenvalue weighted by Crippen LogP contribution is -2.05. The Balaban J connectivity index is 3.10. The summed E-state index contributed by atoms with van der Waals surface area (Å²) in [5.41, 5.74) is 0.478. The monoisotopic (exact) mass is 225 g/mol. The van der Waals surface area contributed by atoms with Crippen LogP contribution in [-0.4, -0.2) is 12.6 Å². The fourth-order valence-corrected chi connectivity index (χ4v) is 1.36. The Morgan fingerprint density at radius 1 is 1.19 bits per heavy atom. The number of hydrogen-bond acceptors (Lipinski definition) is 2. The number of carbonyl (C=O) groups is 1. The Labute approximate surface area is 100 Å². The molecule has 0 atom stereocenters. The lowest BCUT2D eigenvalue weighted by molar-refractivity contribution is -0.139. The van der Waals surface area contributed by atoms with E-state index in [9.17, 15) is 4.79 Å². The number of esters is 1. The van der Waals surface area contributed by atoms with Crippen LogP contribution in [0, 0.1) is 6.42 Å². The van der Waals surface area contributed by atoms with Crippen molar-refractivity contribution in [1.29, 1.82) is 0 Å². The van der Waals surface area contributed by atoms with Crippen molar-refractivity contribution in [3.05, 3.63) is 18.6 Å². The van der Waals surface area contributed by atoms with Gasteiger partial charge in [-0.15, -0.1) is 0 Å². The maximum absolute atomic E-state index is 11.0. The van der Waals surface area contributed by atoms with Crippen LogP contribution in [0.4, 0.5) is 0 Å². The smallest absolute Gasteiger partial charge is 0.333 e. The van der Waals surface area contributed by atoms with Gasteiger partial charge in [0.1, 0.15) is 0 Å². The van der Waals surface area contributed by atoms with Gasteiger partial charge < -0.3 is 4.74 Å². The SMILES string of the molecule is C=C(C)C(=O)OCCCC[CH]CCCCC. The van der Waals surface area contributed by atoms with Gasteiger partial charge >= 0.3 is 5.97 Å². The summed E-state index contributed by atoms with van der Waals surface area (Å²) in [4.78, 5) is 11.0. The van der Waals surface area contributed by atoms with E-state index >= 15 is 0 Å². The van der Waals surface area contributed by atoms with Crippen LogP contribution in [0.25, 0.3) is 0 Å². The van der Waals surface area contributed by atoms with Gasteiger partial charge in [-0.1, -0.05) is 45.6 Å². The van der Waals surface area contributed by atoms with E-state index in [0.717, 1.165) is 19.3 Å². The Kier molecular flexibility index (Phi) is 10.2. The lowest BCUT2D eigenvalue weighted by atomic mass is 10.1. The molecule has 0 aromatic heterocycles. The van der Waals surface area contributed by atoms with Gasteiger partial charge in [-0.2, -0.15) is 0 Å². The molecule has 2 nitrogen and oxygen atoms in total. The van der Waals surface area contributed by atoms with Crippen molar-refractivity contribution < 1.29 is 9.53 Å². The molecule has 0 saturated heterocycles. The Morgan fingerprint density at radius 2 is 1.81 bits per heavy atom. The third-order valence-electron chi connectivity index (χ3n) is 2.40. The van der Waals surface area contributed by atoms with Crippen LogP contribution in [0.3, 0.4) is 0 Å². The largest absolute Gasteiger partial charge is 0.462 e. The van der Waals surface area contributed by atoms with Crippen molar-refractivity contribution in [3.8, 4) is 0 Å². The molecular weight excluding hydrogens is 200 g/mol. The number of unbranched alkanes of at least 4 members (excludes halogenated alkanes) is 7. The Hall–Kier alpha value is -0.790. The van der Waals surface area contributed by atoms with E-state index in [1.54, 1.807) is 6.92 Å². The minimum atomic E-state index is -0.271. The van der Waals surface area contributed by atoms with Crippen molar-refractivity contribution in [2.45, 2.75) is 58.8 Å². The van der Waals surface area contributed by atoms with E-state index in [2.05, 4.69) is 19.9 Å². The quantitative estimate of drug-likeness (QED) is 0.318. The van der Waals surface area contributed by atoms with Gasteiger partial charge in [0.15, 0.2) is 0 Å². The summed E-state index contributed by atoms with van der Waals surface area (Å²) in [7, 11) is 0. The van der Waals surface area contributed by atoms with Crippen molar-refractivity contribution in [2.75, 3.05) is 6.61 Å². The first-order chi connectivity index (χ1) is 7.68. The zero-order valence-electron chi connectivity index (χ0n) is 10.8. The van der Waals surface area contributed by atoms with Crippen LogP contribution < -0.4 is 0 Å². The molecule has 0 amide bonds. The van der Waals surface area contributed by atoms with Crippen molar-refractivity contribution in [2.24, 2.45) is 0 Å². The zero-order valence-corrected chi connectivity index (χ0v) is 10.8. The summed E-state index contributed by atoms with van der Waals surface area (Å²) in [6.45, 7) is 7.94. The molecule has 0 aliphatic carbocycles. The van der Waals surface area contributed by atoms with Gasteiger partial charge in [-0.05, 0) is 26.2 Å². The van der Waals surface area contributed by atoms with Gasteiger partial charge in [-0.25, -0.2) is 4.79 Å². The second-order valence-electron chi connectivity index (χ2n) is 4.20. The standard InChI is InChI=1S/C14H25O2/c1-4-5-6-7-8-9-10-11-12-16-14(15)13(2)3/h8H,2,4-7,9-12H2,1,3H3. The molecule has 2 heteroatoms. The highest BCUT2D eigenvalue weighted by atomic mass is 16.5. The van der Waals surface area contributed by atoms with Crippen molar-refractivity contribution >= 4 is 5.97 Å². The van der Waals surface area contributed by atoms with Gasteiger partial charge in [0.05, 0.1) is 6.61 Å². The molecule has 0 aromatic rings. The third-order valence-corrected chi connectivity index (χ3v) is 2.40. The van der Waals surface area contributed by atoms with E-state index in [4.69, 9.17) is 4.74 Å². The van der Waals surface area contributed by atoms with Crippen LogP contribution in [-0.2, 0) is 9.53 Å². The zero-order chi connectivity index (χ0) is 12.2. The average Bonchev–Trinajstić information content (AvgIpc) is 2.26. The number of hydrogen-bond donors (Lipinski definition) is 0. The highest BCUT2D eigenvalue weighted by molar-refractivity contribution is 5.86. The van der Waals surface area contributed by atoms with Crippen LogP contribution in [0.5, 0.6) is 0 Å². The van der Waals surface area contributed by atoms with Crippen molar-refractivity contribution in [1.82, 2.24) is 0 Å². The van der Waals surface area contributed by atoms with Crippen LogP contribution in [0.2, 0.25) is 0 Å². The van der Waals surface area contributed by atoms with Crippen LogP contribution >= 0.6 is 0 Å². The molecule has 0 heterocycles. The molecule has 0 N–H and O–H groups in total. The van der Waals surface area contributed by atoms with E-state index < -0.39 is 0 Å². The summed E-state index contributed by atoms with van der Waals surface area (Å²) >= 11 is 0. The van der Waals surface area contributed by atoms with Crippen LogP contribution in [0.15, 0.2) is 12.2 Å². The summed E-state index contributed by atoms with van der Waals surface area (Å²) in [5.74, 6) is -0.271. The van der Waals surface area contributed by atoms with Gasteiger partial charge in [0, 0.05) is 5.57 Å². The minimum Gasteiger partial charge on any atom is -0.462 e. The van der Waals surface area contributed by atoms with Gasteiger partial charge in [0.25, 0.3) is 0 Å². The topological polar surface area (TPSA) is 26.3 Å². The predicted octanol–water partition coefficient (Wildman–Crippen LogP) is 4.06. The fourth-order valence-electron chi connectivity index (χ4n) is 1.36. The maximum atomic E-state index is 11.0. The van der Waals surface area contributed by atoms with E-state index in [1.807, 2.05) is 0 Å². The molecule has 0 fully saturated rings. The maximum Gasteiger partial charge on any atom is 0.333 e. The lowest BCUT2D eigenvalue weighted by Gasteiger charge is -2.04. The second kappa shape index (κ2) is 10.7. The second-order valence-corrected chi connectivity index (χ2v) is 4.20. The number of rotatable bonds is 10. The predicted molar refractivity (Wildman–Crippen MR) is 68.1 cm³/mol. The summed E-state index contributed by atoms with van der Waals surface area (Å²) < 4.78 is 5.00. The van der Waals surface area contributed by atoms with E-state index in [-0.39, 0.29) is 5.97 Å². The molecule has 1 radical (unpaired) electrons. The van der Waals surface area contributed by atoms with Gasteiger partial charge in [0.2, 0.25) is 0 Å². The van der Waals surface area contributed by atoms with E-state index in [0.29, 0.717) is 12.2 Å². The van der Waals surface area contributed by atoms with Crippen LogP contribution in [0.1, 0.15) is 58.8 Å². The van der Waals surface area contributed by atoms with E-state index in [1.165, 1.54) is 25.7 Å². The molecule has 93 valence electrons. The highest BCUT2D eigenvalue weighted by Gasteiger charge is 2.01. The highest BCUT2D eigenvalue weighted by Crippen LogP contribution is 2.07. The first kappa shape index (κ1) is 15.2. The summed E-state index contributed by atoms with van der Waals surface area (Å²) in [6, 6.07) is 0. The Morgan fingerprint density at radius 3 is 2.38 bits per heavy atom. The first-order valence-corrected chi connectivity index (χ1v) is 6.32. The molecule has 0 aliphatic rings. The van der Waals surface area contributed by atoms with Crippen molar-refractivity contribution in [3.63, 3.8) is 0 Å². The first-order valence-electron chi connectivity index (χ1n) is 6.32. The number of ether oxygens (including phenoxy) is 1. The molecule has 0 saturated carbocycles. The fraction of sp³-hybridized carbons (Fsp3) is 0.714. The molecule has 0 bridgehead atoms. The molecule has 0 spiro atoms. The number of carbonyl (C=O) groups excluding carboxylic acids is 1. The molecule has 0 aliphatic heterocycles. The minimum absolute atomic E-state index is 0.271. The third kappa shape index (κ3) is 9.75. The van der Waals surface area contributed by atoms with Gasteiger partial charge in [-0.3, -0.25) is 0 Å². The molecule has 0 unspecified atom stereocenters. The summed E-state index contributed by atoms with van der Waals surface area (Å²) in [5, 5.41) is 0. The molecular formula is C14H25O2.